The summed E-state index contributed by atoms with van der Waals surface area (Å²) < 4.78 is 27.8. The molecule has 0 aliphatic rings. The molecule has 0 spiro atoms. The number of hydrogen-bond acceptors (Lipinski definition) is 3. The fourth-order valence-corrected chi connectivity index (χ4v) is 3.57. The van der Waals surface area contributed by atoms with Crippen molar-refractivity contribution in [1.29, 1.82) is 5.26 Å². The van der Waals surface area contributed by atoms with Gasteiger partial charge in [-0.15, -0.1) is 0 Å². The summed E-state index contributed by atoms with van der Waals surface area (Å²) in [6, 6.07) is 17.1. The van der Waals surface area contributed by atoms with Crippen molar-refractivity contribution in [3.8, 4) is 6.07 Å². The number of rotatable bonds is 5. The van der Waals surface area contributed by atoms with Crippen LogP contribution in [0.1, 0.15) is 31.0 Å². The lowest BCUT2D eigenvalue weighted by atomic mass is 9.97. The van der Waals surface area contributed by atoms with Gasteiger partial charge in [-0.1, -0.05) is 44.2 Å². The average molecular weight is 314 g/mol. The summed E-state index contributed by atoms with van der Waals surface area (Å²) in [5, 5.41) is 8.78. The van der Waals surface area contributed by atoms with Gasteiger partial charge in [0.15, 0.2) is 0 Å². The second-order valence-electron chi connectivity index (χ2n) is 5.39. The summed E-state index contributed by atoms with van der Waals surface area (Å²) in [7, 11) is -3.64. The zero-order valence-corrected chi connectivity index (χ0v) is 13.3. The van der Waals surface area contributed by atoms with Crippen molar-refractivity contribution >= 4 is 10.0 Å². The largest absolute Gasteiger partial charge is 0.241 e. The van der Waals surface area contributed by atoms with Crippen LogP contribution in [0.3, 0.4) is 0 Å². The smallest absolute Gasteiger partial charge is 0.207 e. The van der Waals surface area contributed by atoms with Crippen molar-refractivity contribution in [1.82, 2.24) is 4.72 Å². The maximum absolute atomic E-state index is 12.5. The molecule has 0 amide bonds. The third-order valence-corrected chi connectivity index (χ3v) is 4.86. The van der Waals surface area contributed by atoms with Gasteiger partial charge in [0.05, 0.1) is 16.5 Å². The molecule has 0 fully saturated rings. The lowest BCUT2D eigenvalue weighted by Crippen LogP contribution is -2.31. The maximum Gasteiger partial charge on any atom is 0.241 e. The number of nitrogens with zero attached hydrogens (tertiary/aromatic N) is 1. The van der Waals surface area contributed by atoms with E-state index in [1.54, 1.807) is 0 Å². The van der Waals surface area contributed by atoms with Crippen molar-refractivity contribution in [3.63, 3.8) is 0 Å². The van der Waals surface area contributed by atoms with E-state index in [4.69, 9.17) is 5.26 Å². The van der Waals surface area contributed by atoms with E-state index in [1.165, 1.54) is 24.3 Å². The molecule has 1 atom stereocenters. The Morgan fingerprint density at radius 1 is 1.00 bits per heavy atom. The molecule has 0 aliphatic carbocycles. The first-order chi connectivity index (χ1) is 10.4. The molecule has 0 aromatic heterocycles. The first-order valence-corrected chi connectivity index (χ1v) is 8.50. The van der Waals surface area contributed by atoms with Crippen molar-refractivity contribution in [2.45, 2.75) is 24.8 Å². The minimum Gasteiger partial charge on any atom is -0.207 e. The van der Waals surface area contributed by atoms with Gasteiger partial charge in [0, 0.05) is 6.04 Å². The molecule has 1 unspecified atom stereocenters. The Labute approximate surface area is 131 Å². The van der Waals surface area contributed by atoms with E-state index in [2.05, 4.69) is 4.72 Å². The Bertz CT molecular complexity index is 761. The summed E-state index contributed by atoms with van der Waals surface area (Å²) >= 11 is 0. The van der Waals surface area contributed by atoms with Gasteiger partial charge in [0.1, 0.15) is 0 Å². The molecule has 0 saturated carbocycles. The van der Waals surface area contributed by atoms with Gasteiger partial charge >= 0.3 is 0 Å². The van der Waals surface area contributed by atoms with E-state index >= 15 is 0 Å². The predicted molar refractivity (Wildman–Crippen MR) is 85.5 cm³/mol. The van der Waals surface area contributed by atoms with E-state index in [9.17, 15) is 8.42 Å². The quantitative estimate of drug-likeness (QED) is 0.921. The van der Waals surface area contributed by atoms with Crippen LogP contribution in [0.15, 0.2) is 59.5 Å². The first-order valence-electron chi connectivity index (χ1n) is 7.01. The summed E-state index contributed by atoms with van der Waals surface area (Å²) in [6.07, 6.45) is 0. The molecule has 0 saturated heterocycles. The normalized spacial score (nSPS) is 12.8. The summed E-state index contributed by atoms with van der Waals surface area (Å²) in [5.74, 6) is 0.107. The van der Waals surface area contributed by atoms with E-state index in [-0.39, 0.29) is 16.9 Å². The zero-order chi connectivity index (χ0) is 16.2. The highest BCUT2D eigenvalue weighted by Crippen LogP contribution is 2.24. The van der Waals surface area contributed by atoms with Crippen LogP contribution in [0.2, 0.25) is 0 Å². The molecular weight excluding hydrogens is 296 g/mol. The van der Waals surface area contributed by atoms with Gasteiger partial charge in [-0.2, -0.15) is 5.26 Å². The van der Waals surface area contributed by atoms with Gasteiger partial charge in [-0.05, 0) is 35.7 Å². The van der Waals surface area contributed by atoms with E-state index in [1.807, 2.05) is 50.2 Å². The highest BCUT2D eigenvalue weighted by atomic mass is 32.2. The monoisotopic (exact) mass is 314 g/mol. The van der Waals surface area contributed by atoms with Crippen LogP contribution in [0, 0.1) is 17.2 Å². The van der Waals surface area contributed by atoms with Crippen LogP contribution >= 0.6 is 0 Å². The molecule has 22 heavy (non-hydrogen) atoms. The second kappa shape index (κ2) is 6.73. The summed E-state index contributed by atoms with van der Waals surface area (Å²) in [4.78, 5) is 0.160. The predicted octanol–water partition coefficient (Wildman–Crippen LogP) is 3.23. The molecule has 0 bridgehead atoms. The molecule has 5 heteroatoms. The molecule has 2 rings (SSSR count). The molecule has 0 radical (unpaired) electrons. The molecule has 0 aliphatic heterocycles. The Morgan fingerprint density at radius 3 is 2.09 bits per heavy atom. The van der Waals surface area contributed by atoms with Crippen molar-refractivity contribution in [3.05, 3.63) is 65.7 Å². The van der Waals surface area contributed by atoms with Gasteiger partial charge in [-0.3, -0.25) is 0 Å². The highest BCUT2D eigenvalue weighted by molar-refractivity contribution is 7.89. The molecule has 2 aromatic rings. The number of hydrogen-bond donors (Lipinski definition) is 1. The Morgan fingerprint density at radius 2 is 1.59 bits per heavy atom. The van der Waals surface area contributed by atoms with Gasteiger partial charge < -0.3 is 0 Å². The van der Waals surface area contributed by atoms with Gasteiger partial charge in [-0.25, -0.2) is 13.1 Å². The van der Waals surface area contributed by atoms with Crippen LogP contribution in [0.25, 0.3) is 0 Å². The molecule has 2 aromatic carbocycles. The number of sulfonamides is 1. The number of nitriles is 1. The third-order valence-electron chi connectivity index (χ3n) is 3.40. The SMILES string of the molecule is CC(C)C(NS(=O)(=O)c1ccc(C#N)cc1)c1ccccc1. The lowest BCUT2D eigenvalue weighted by molar-refractivity contribution is 0.463. The lowest BCUT2D eigenvalue weighted by Gasteiger charge is -2.22. The highest BCUT2D eigenvalue weighted by Gasteiger charge is 2.23. The van der Waals surface area contributed by atoms with Crippen molar-refractivity contribution in [2.24, 2.45) is 5.92 Å². The molecule has 1 N–H and O–H groups in total. The molecule has 114 valence electrons. The summed E-state index contributed by atoms with van der Waals surface area (Å²) in [6.45, 7) is 3.94. The number of benzene rings is 2. The molecule has 0 heterocycles. The van der Waals surface area contributed by atoms with Gasteiger partial charge in [0.2, 0.25) is 10.0 Å². The number of nitrogens with one attached hydrogen (secondary N) is 1. The topological polar surface area (TPSA) is 70.0 Å². The van der Waals surface area contributed by atoms with Crippen molar-refractivity contribution in [2.75, 3.05) is 0 Å². The molecule has 4 nitrogen and oxygen atoms in total. The fraction of sp³-hybridized carbons (Fsp3) is 0.235. The fourth-order valence-electron chi connectivity index (χ4n) is 2.19. The zero-order valence-electron chi connectivity index (χ0n) is 12.5. The Balaban J connectivity index is 2.30. The van der Waals surface area contributed by atoms with Gasteiger partial charge in [0.25, 0.3) is 0 Å². The Kier molecular flexibility index (Phi) is 4.96. The van der Waals surface area contributed by atoms with E-state index < -0.39 is 10.0 Å². The van der Waals surface area contributed by atoms with E-state index in [0.29, 0.717) is 5.56 Å². The minimum atomic E-state index is -3.64. The summed E-state index contributed by atoms with van der Waals surface area (Å²) in [5.41, 5.74) is 1.36. The van der Waals surface area contributed by atoms with Crippen LogP contribution in [0.5, 0.6) is 0 Å². The average Bonchev–Trinajstić information content (AvgIpc) is 2.53. The minimum absolute atomic E-state index is 0.107. The van der Waals surface area contributed by atoms with Crippen molar-refractivity contribution < 1.29 is 8.42 Å². The third kappa shape index (κ3) is 3.73. The first kappa shape index (κ1) is 16.2. The van der Waals surface area contributed by atoms with Crippen LogP contribution in [-0.4, -0.2) is 8.42 Å². The second-order valence-corrected chi connectivity index (χ2v) is 7.10. The maximum atomic E-state index is 12.5. The van der Waals surface area contributed by atoms with E-state index in [0.717, 1.165) is 5.56 Å². The Hall–Kier alpha value is -2.16. The standard InChI is InChI=1S/C17H18N2O2S/c1-13(2)17(15-6-4-3-5-7-15)19-22(20,21)16-10-8-14(12-18)9-11-16/h3-11,13,17,19H,1-2H3. The van der Waals surface area contributed by atoms with Crippen LogP contribution in [0.4, 0.5) is 0 Å². The van der Waals surface area contributed by atoms with Crippen LogP contribution < -0.4 is 4.72 Å². The van der Waals surface area contributed by atoms with Crippen LogP contribution in [-0.2, 0) is 10.0 Å². The molecular formula is C17H18N2O2S.